The van der Waals surface area contributed by atoms with Crippen molar-refractivity contribution in [1.29, 1.82) is 0 Å². The molecule has 0 radical (unpaired) electrons. The van der Waals surface area contributed by atoms with Crippen LogP contribution < -0.4 is 16.2 Å². The fourth-order valence-corrected chi connectivity index (χ4v) is 4.90. The van der Waals surface area contributed by atoms with Gasteiger partial charge in [0.2, 0.25) is 5.91 Å². The maximum atomic E-state index is 13.4. The number of para-hydroxylation sites is 1. The van der Waals surface area contributed by atoms with Crippen LogP contribution in [0.2, 0.25) is 0 Å². The monoisotopic (exact) mass is 484 g/mol. The van der Waals surface area contributed by atoms with Crippen molar-refractivity contribution < 1.29 is 9.18 Å². The van der Waals surface area contributed by atoms with Crippen LogP contribution in [0.15, 0.2) is 90.0 Å². The van der Waals surface area contributed by atoms with Gasteiger partial charge >= 0.3 is 0 Å². The molecule has 0 aliphatic rings. The largest absolute Gasteiger partial charge is 0.356 e. The SMILES string of the molecule is Cc1sc2ncn(CC(=O)Nc3ccc(Nc4ccccc4)cc3)c(=O)c2c1-c1ccc(F)cc1. The summed E-state index contributed by atoms with van der Waals surface area (Å²) in [6, 6.07) is 23.1. The molecule has 2 aromatic heterocycles. The molecule has 3 aromatic carbocycles. The molecule has 0 fully saturated rings. The van der Waals surface area contributed by atoms with E-state index in [1.807, 2.05) is 49.4 Å². The van der Waals surface area contributed by atoms with Crippen molar-refractivity contribution in [2.45, 2.75) is 13.5 Å². The first-order chi connectivity index (χ1) is 17.0. The molecule has 5 aromatic rings. The Morgan fingerprint density at radius 2 is 1.60 bits per heavy atom. The van der Waals surface area contributed by atoms with Crippen molar-refractivity contribution in [3.63, 3.8) is 0 Å². The number of amides is 1. The minimum Gasteiger partial charge on any atom is -0.356 e. The number of halogens is 1. The smallest absolute Gasteiger partial charge is 0.263 e. The van der Waals surface area contributed by atoms with Crippen molar-refractivity contribution in [3.05, 3.63) is 106 Å². The van der Waals surface area contributed by atoms with E-state index in [0.717, 1.165) is 27.4 Å². The van der Waals surface area contributed by atoms with Crippen LogP contribution in [-0.2, 0) is 11.3 Å². The van der Waals surface area contributed by atoms with Crippen LogP contribution >= 0.6 is 11.3 Å². The van der Waals surface area contributed by atoms with Crippen molar-refractivity contribution in [2.75, 3.05) is 10.6 Å². The van der Waals surface area contributed by atoms with Gasteiger partial charge in [0.25, 0.3) is 5.56 Å². The van der Waals surface area contributed by atoms with Crippen LogP contribution in [-0.4, -0.2) is 15.5 Å². The van der Waals surface area contributed by atoms with Gasteiger partial charge in [-0.25, -0.2) is 9.37 Å². The molecule has 174 valence electrons. The van der Waals surface area contributed by atoms with Crippen molar-refractivity contribution in [2.24, 2.45) is 0 Å². The first-order valence-electron chi connectivity index (χ1n) is 10.9. The van der Waals surface area contributed by atoms with E-state index >= 15 is 0 Å². The Hall–Kier alpha value is -4.30. The number of carbonyl (C=O) groups is 1. The lowest BCUT2D eigenvalue weighted by Crippen LogP contribution is -2.27. The van der Waals surface area contributed by atoms with Gasteiger partial charge in [0, 0.05) is 27.5 Å². The highest BCUT2D eigenvalue weighted by Crippen LogP contribution is 2.35. The summed E-state index contributed by atoms with van der Waals surface area (Å²) in [6.07, 6.45) is 1.39. The topological polar surface area (TPSA) is 76.0 Å². The minimum absolute atomic E-state index is 0.177. The summed E-state index contributed by atoms with van der Waals surface area (Å²) in [5.41, 5.74) is 3.63. The molecule has 5 rings (SSSR count). The normalized spacial score (nSPS) is 10.9. The van der Waals surface area contributed by atoms with Crippen LogP contribution in [0.3, 0.4) is 0 Å². The molecule has 0 saturated carbocycles. The number of aryl methyl sites for hydroxylation is 1. The quantitative estimate of drug-likeness (QED) is 0.312. The Morgan fingerprint density at radius 1 is 0.943 bits per heavy atom. The zero-order valence-electron chi connectivity index (χ0n) is 18.8. The van der Waals surface area contributed by atoms with E-state index in [-0.39, 0.29) is 23.8 Å². The lowest BCUT2D eigenvalue weighted by atomic mass is 10.0. The number of carbonyl (C=O) groups excluding carboxylic acids is 1. The molecule has 8 heteroatoms. The summed E-state index contributed by atoms with van der Waals surface area (Å²) >= 11 is 1.40. The molecule has 6 nitrogen and oxygen atoms in total. The lowest BCUT2D eigenvalue weighted by molar-refractivity contribution is -0.116. The fraction of sp³-hybridized carbons (Fsp3) is 0.0741. The maximum Gasteiger partial charge on any atom is 0.263 e. The summed E-state index contributed by atoms with van der Waals surface area (Å²) in [4.78, 5) is 31.9. The third-order valence-corrected chi connectivity index (χ3v) is 6.55. The minimum atomic E-state index is -0.345. The second-order valence-electron chi connectivity index (χ2n) is 8.01. The van der Waals surface area contributed by atoms with Gasteiger partial charge < -0.3 is 10.6 Å². The highest BCUT2D eigenvalue weighted by atomic mass is 32.1. The number of aromatic nitrogens is 2. The fourth-order valence-electron chi connectivity index (χ4n) is 3.89. The van der Waals surface area contributed by atoms with E-state index in [1.165, 1.54) is 34.4 Å². The van der Waals surface area contributed by atoms with Gasteiger partial charge in [0.1, 0.15) is 17.2 Å². The van der Waals surface area contributed by atoms with Crippen LogP contribution in [0.25, 0.3) is 21.3 Å². The third kappa shape index (κ3) is 4.83. The summed E-state index contributed by atoms with van der Waals surface area (Å²) in [6.45, 7) is 1.72. The first-order valence-corrected chi connectivity index (χ1v) is 11.8. The first kappa shape index (κ1) is 22.5. The second-order valence-corrected chi connectivity index (χ2v) is 9.22. The summed E-state index contributed by atoms with van der Waals surface area (Å²) < 4.78 is 14.7. The van der Waals surface area contributed by atoms with Gasteiger partial charge in [-0.2, -0.15) is 0 Å². The predicted molar refractivity (Wildman–Crippen MR) is 139 cm³/mol. The highest BCUT2D eigenvalue weighted by Gasteiger charge is 2.18. The molecule has 0 bridgehead atoms. The van der Waals surface area contributed by atoms with E-state index in [4.69, 9.17) is 0 Å². The zero-order valence-corrected chi connectivity index (χ0v) is 19.6. The number of fused-ring (bicyclic) bond motifs is 1. The number of nitrogens with zero attached hydrogens (tertiary/aromatic N) is 2. The molecule has 2 heterocycles. The standard InChI is InChI=1S/C27H21FN4O2S/c1-17-24(18-7-9-19(28)10-8-18)25-26(35-17)29-16-32(27(25)34)15-23(33)31-22-13-11-21(12-14-22)30-20-5-3-2-4-6-20/h2-14,16,30H,15H2,1H3,(H,31,33). The Morgan fingerprint density at radius 3 is 2.31 bits per heavy atom. The molecule has 0 unspecified atom stereocenters. The Kier molecular flexibility index (Phi) is 6.12. The van der Waals surface area contributed by atoms with Gasteiger partial charge in [-0.05, 0) is 61.0 Å². The third-order valence-electron chi connectivity index (χ3n) is 5.53. The summed E-state index contributed by atoms with van der Waals surface area (Å²) in [7, 11) is 0. The van der Waals surface area contributed by atoms with E-state index in [2.05, 4.69) is 15.6 Å². The van der Waals surface area contributed by atoms with Crippen LogP contribution in [0.5, 0.6) is 0 Å². The molecule has 35 heavy (non-hydrogen) atoms. The van der Waals surface area contributed by atoms with E-state index in [9.17, 15) is 14.0 Å². The Labute approximate surface area is 204 Å². The van der Waals surface area contributed by atoms with Crippen LogP contribution in [0.4, 0.5) is 21.5 Å². The van der Waals surface area contributed by atoms with E-state index < -0.39 is 0 Å². The van der Waals surface area contributed by atoms with Gasteiger partial charge in [-0.1, -0.05) is 30.3 Å². The van der Waals surface area contributed by atoms with Crippen molar-refractivity contribution >= 4 is 44.5 Å². The molecule has 1 amide bonds. The number of anilines is 3. The van der Waals surface area contributed by atoms with Crippen molar-refractivity contribution in [1.82, 2.24) is 9.55 Å². The average Bonchev–Trinajstić information content (AvgIpc) is 3.20. The van der Waals surface area contributed by atoms with Crippen LogP contribution in [0.1, 0.15) is 4.88 Å². The number of benzene rings is 3. The molecular weight excluding hydrogens is 463 g/mol. The van der Waals surface area contributed by atoms with Crippen molar-refractivity contribution in [3.8, 4) is 11.1 Å². The number of hydrogen-bond acceptors (Lipinski definition) is 5. The lowest BCUT2D eigenvalue weighted by Gasteiger charge is -2.10. The number of rotatable bonds is 6. The highest BCUT2D eigenvalue weighted by molar-refractivity contribution is 7.19. The summed E-state index contributed by atoms with van der Waals surface area (Å²) in [5.74, 6) is -0.686. The van der Waals surface area contributed by atoms with Crippen LogP contribution in [0, 0.1) is 12.7 Å². The predicted octanol–water partition coefficient (Wildman–Crippen LogP) is 5.95. The second kappa shape index (κ2) is 9.52. The molecular formula is C27H21FN4O2S. The Balaban J connectivity index is 1.34. The molecule has 0 spiro atoms. The molecule has 2 N–H and O–H groups in total. The number of hydrogen-bond donors (Lipinski definition) is 2. The van der Waals surface area contributed by atoms with Gasteiger partial charge in [-0.15, -0.1) is 11.3 Å². The molecule has 0 atom stereocenters. The van der Waals surface area contributed by atoms with Gasteiger partial charge in [0.05, 0.1) is 11.7 Å². The van der Waals surface area contributed by atoms with E-state index in [0.29, 0.717) is 15.9 Å². The average molecular weight is 485 g/mol. The summed E-state index contributed by atoms with van der Waals surface area (Å²) in [5, 5.41) is 6.54. The number of nitrogens with one attached hydrogen (secondary N) is 2. The molecule has 0 aliphatic heterocycles. The molecule has 0 saturated heterocycles. The Bertz CT molecular complexity index is 1560. The maximum absolute atomic E-state index is 13.4. The molecule has 0 aliphatic carbocycles. The van der Waals surface area contributed by atoms with Gasteiger partial charge in [-0.3, -0.25) is 14.2 Å². The number of thiophene rings is 1. The van der Waals surface area contributed by atoms with E-state index in [1.54, 1.807) is 24.3 Å². The zero-order chi connectivity index (χ0) is 24.4. The van der Waals surface area contributed by atoms with Gasteiger partial charge in [0.15, 0.2) is 0 Å².